The van der Waals surface area contributed by atoms with Crippen molar-refractivity contribution in [3.05, 3.63) is 64.9 Å². The number of nitrogens with zero attached hydrogens (tertiary/aromatic N) is 3. The third-order valence-corrected chi connectivity index (χ3v) is 3.43. The van der Waals surface area contributed by atoms with Gasteiger partial charge in [0.15, 0.2) is 5.82 Å². The van der Waals surface area contributed by atoms with Gasteiger partial charge in [-0.15, -0.1) is 5.10 Å². The lowest BCUT2D eigenvalue weighted by Crippen LogP contribution is -2.13. The third kappa shape index (κ3) is 2.71. The number of hydrogen-bond acceptors (Lipinski definition) is 3. The highest BCUT2D eigenvalue weighted by molar-refractivity contribution is 6.30. The summed E-state index contributed by atoms with van der Waals surface area (Å²) in [6.45, 7) is 1.98. The van der Waals surface area contributed by atoms with Crippen molar-refractivity contribution in [1.29, 1.82) is 0 Å². The smallest absolute Gasteiger partial charge is 0.288 e. The number of nitrogens with two attached hydrogens (primary N) is 1. The Labute approximate surface area is 132 Å². The van der Waals surface area contributed by atoms with Crippen LogP contribution in [0.5, 0.6) is 0 Å². The number of aryl methyl sites for hydroxylation is 1. The normalized spacial score (nSPS) is 10.6. The maximum absolute atomic E-state index is 11.4. The SMILES string of the molecule is Cc1cccc(-n2nc(C(N)=O)nc2-c2ccc(Cl)cc2)c1. The van der Waals surface area contributed by atoms with Crippen LogP contribution in [0.3, 0.4) is 0 Å². The van der Waals surface area contributed by atoms with Crippen LogP contribution in [0.15, 0.2) is 48.5 Å². The fourth-order valence-electron chi connectivity index (χ4n) is 2.14. The van der Waals surface area contributed by atoms with Gasteiger partial charge in [0, 0.05) is 10.6 Å². The molecule has 0 saturated heterocycles. The van der Waals surface area contributed by atoms with Crippen molar-refractivity contribution < 1.29 is 4.79 Å². The summed E-state index contributed by atoms with van der Waals surface area (Å²) in [5.74, 6) is -0.149. The zero-order valence-electron chi connectivity index (χ0n) is 11.8. The molecule has 5 nitrogen and oxygen atoms in total. The predicted molar refractivity (Wildman–Crippen MR) is 85.1 cm³/mol. The molecule has 0 saturated carbocycles. The van der Waals surface area contributed by atoms with E-state index >= 15 is 0 Å². The van der Waals surface area contributed by atoms with E-state index < -0.39 is 5.91 Å². The summed E-state index contributed by atoms with van der Waals surface area (Å²) < 4.78 is 1.61. The number of amides is 1. The van der Waals surface area contributed by atoms with Crippen LogP contribution in [-0.4, -0.2) is 20.7 Å². The van der Waals surface area contributed by atoms with Crippen LogP contribution in [0, 0.1) is 6.92 Å². The molecule has 0 aliphatic carbocycles. The van der Waals surface area contributed by atoms with E-state index in [9.17, 15) is 4.79 Å². The fraction of sp³-hybridized carbons (Fsp3) is 0.0625. The minimum atomic E-state index is -0.665. The van der Waals surface area contributed by atoms with Crippen molar-refractivity contribution in [3.63, 3.8) is 0 Å². The molecule has 0 aliphatic heterocycles. The van der Waals surface area contributed by atoms with Gasteiger partial charge < -0.3 is 5.73 Å². The first kappa shape index (κ1) is 14.3. The number of rotatable bonds is 3. The van der Waals surface area contributed by atoms with Gasteiger partial charge in [-0.2, -0.15) is 0 Å². The first-order valence-corrected chi connectivity index (χ1v) is 7.02. The summed E-state index contributed by atoms with van der Waals surface area (Å²) in [5.41, 5.74) is 7.99. The molecule has 1 aromatic heterocycles. The molecule has 1 amide bonds. The first-order valence-electron chi connectivity index (χ1n) is 6.64. The molecule has 0 spiro atoms. The molecule has 2 aromatic carbocycles. The van der Waals surface area contributed by atoms with E-state index in [-0.39, 0.29) is 5.82 Å². The number of carbonyl (C=O) groups excluding carboxylic acids is 1. The second-order valence-electron chi connectivity index (χ2n) is 4.88. The second-order valence-corrected chi connectivity index (χ2v) is 5.32. The molecule has 0 atom stereocenters. The minimum Gasteiger partial charge on any atom is -0.363 e. The zero-order chi connectivity index (χ0) is 15.7. The number of aromatic nitrogens is 3. The molecular weight excluding hydrogens is 300 g/mol. The second kappa shape index (κ2) is 5.61. The van der Waals surface area contributed by atoms with Crippen LogP contribution in [0.4, 0.5) is 0 Å². The van der Waals surface area contributed by atoms with Crippen molar-refractivity contribution in [3.8, 4) is 17.1 Å². The molecule has 0 unspecified atom stereocenters. The van der Waals surface area contributed by atoms with Gasteiger partial charge in [0.05, 0.1) is 5.69 Å². The van der Waals surface area contributed by atoms with Crippen LogP contribution in [0.1, 0.15) is 16.2 Å². The van der Waals surface area contributed by atoms with Gasteiger partial charge in [-0.3, -0.25) is 4.79 Å². The highest BCUT2D eigenvalue weighted by Crippen LogP contribution is 2.23. The average molecular weight is 313 g/mol. The Balaban J connectivity index is 2.20. The number of halogens is 1. The Bertz CT molecular complexity index is 840. The first-order chi connectivity index (χ1) is 10.5. The van der Waals surface area contributed by atoms with Crippen LogP contribution >= 0.6 is 11.6 Å². The minimum absolute atomic E-state index is 0.0218. The Hall–Kier alpha value is -2.66. The van der Waals surface area contributed by atoms with E-state index in [2.05, 4.69) is 10.1 Å². The van der Waals surface area contributed by atoms with E-state index in [4.69, 9.17) is 17.3 Å². The zero-order valence-corrected chi connectivity index (χ0v) is 12.6. The standard InChI is InChI=1S/C16H13ClN4O/c1-10-3-2-4-13(9-10)21-16(19-15(20-21)14(18)22)11-5-7-12(17)8-6-11/h2-9H,1H3,(H2,18,22). The maximum atomic E-state index is 11.4. The largest absolute Gasteiger partial charge is 0.363 e. The van der Waals surface area contributed by atoms with Crippen molar-refractivity contribution in [2.45, 2.75) is 6.92 Å². The van der Waals surface area contributed by atoms with Gasteiger partial charge in [-0.1, -0.05) is 23.7 Å². The van der Waals surface area contributed by atoms with Gasteiger partial charge in [-0.05, 0) is 48.9 Å². The number of benzene rings is 2. The Morgan fingerprint density at radius 2 is 1.91 bits per heavy atom. The summed E-state index contributed by atoms with van der Waals surface area (Å²) in [6.07, 6.45) is 0. The van der Waals surface area contributed by atoms with E-state index in [1.54, 1.807) is 16.8 Å². The van der Waals surface area contributed by atoms with Gasteiger partial charge >= 0.3 is 0 Å². The van der Waals surface area contributed by atoms with E-state index in [1.165, 1.54) is 0 Å². The lowest BCUT2D eigenvalue weighted by molar-refractivity contribution is 0.0990. The molecule has 0 fully saturated rings. The molecule has 1 heterocycles. The van der Waals surface area contributed by atoms with Gasteiger partial charge in [0.25, 0.3) is 5.91 Å². The maximum Gasteiger partial charge on any atom is 0.288 e. The monoisotopic (exact) mass is 312 g/mol. The van der Waals surface area contributed by atoms with Crippen LogP contribution < -0.4 is 5.73 Å². The summed E-state index contributed by atoms with van der Waals surface area (Å²) in [5, 5.41) is 4.84. The average Bonchev–Trinajstić information content (AvgIpc) is 2.93. The number of hydrogen-bond donors (Lipinski definition) is 1. The molecule has 0 radical (unpaired) electrons. The fourth-order valence-corrected chi connectivity index (χ4v) is 2.27. The lowest BCUT2D eigenvalue weighted by Gasteiger charge is -2.06. The molecule has 22 heavy (non-hydrogen) atoms. The predicted octanol–water partition coefficient (Wildman–Crippen LogP) is 3.00. The Morgan fingerprint density at radius 1 is 1.18 bits per heavy atom. The highest BCUT2D eigenvalue weighted by atomic mass is 35.5. The molecule has 110 valence electrons. The topological polar surface area (TPSA) is 73.8 Å². The number of carbonyl (C=O) groups is 1. The van der Waals surface area contributed by atoms with Crippen LogP contribution in [0.2, 0.25) is 5.02 Å². The van der Waals surface area contributed by atoms with E-state index in [0.29, 0.717) is 10.8 Å². The van der Waals surface area contributed by atoms with Crippen molar-refractivity contribution in [1.82, 2.24) is 14.8 Å². The molecule has 0 aliphatic rings. The summed E-state index contributed by atoms with van der Waals surface area (Å²) >= 11 is 5.92. The molecule has 0 bridgehead atoms. The molecule has 3 rings (SSSR count). The quantitative estimate of drug-likeness (QED) is 0.808. The van der Waals surface area contributed by atoms with Gasteiger partial charge in [0.2, 0.25) is 5.82 Å². The Morgan fingerprint density at radius 3 is 2.55 bits per heavy atom. The molecular formula is C16H13ClN4O. The van der Waals surface area contributed by atoms with Gasteiger partial charge in [-0.25, -0.2) is 9.67 Å². The lowest BCUT2D eigenvalue weighted by atomic mass is 10.2. The molecule has 2 N–H and O–H groups in total. The highest BCUT2D eigenvalue weighted by Gasteiger charge is 2.16. The van der Waals surface area contributed by atoms with E-state index in [0.717, 1.165) is 16.8 Å². The summed E-state index contributed by atoms with van der Waals surface area (Å²) in [6, 6.07) is 14.9. The molecule has 3 aromatic rings. The number of primary amides is 1. The van der Waals surface area contributed by atoms with Crippen molar-refractivity contribution in [2.75, 3.05) is 0 Å². The summed E-state index contributed by atoms with van der Waals surface area (Å²) in [4.78, 5) is 15.7. The van der Waals surface area contributed by atoms with E-state index in [1.807, 2.05) is 43.3 Å². The molecule has 6 heteroatoms. The van der Waals surface area contributed by atoms with Crippen LogP contribution in [0.25, 0.3) is 17.1 Å². The Kier molecular flexibility index (Phi) is 3.65. The van der Waals surface area contributed by atoms with Crippen LogP contribution in [-0.2, 0) is 0 Å². The third-order valence-electron chi connectivity index (χ3n) is 3.18. The van der Waals surface area contributed by atoms with Crippen molar-refractivity contribution in [2.24, 2.45) is 5.73 Å². The van der Waals surface area contributed by atoms with Gasteiger partial charge in [0.1, 0.15) is 0 Å². The van der Waals surface area contributed by atoms with Crippen molar-refractivity contribution >= 4 is 17.5 Å². The summed E-state index contributed by atoms with van der Waals surface area (Å²) in [7, 11) is 0.